The SMILES string of the molecule is O=C(O)CN1CCC2(CC1)CCN(CCCc1ccc3c(n1)NCCC3)C2=O. The minimum atomic E-state index is -0.790. The van der Waals surface area contributed by atoms with Gasteiger partial charge in [0.2, 0.25) is 5.91 Å². The number of hydrogen-bond donors (Lipinski definition) is 2. The largest absolute Gasteiger partial charge is 0.480 e. The van der Waals surface area contributed by atoms with E-state index >= 15 is 0 Å². The Morgan fingerprint density at radius 2 is 2.00 bits per heavy atom. The summed E-state index contributed by atoms with van der Waals surface area (Å²) < 4.78 is 0. The first-order chi connectivity index (χ1) is 13.6. The summed E-state index contributed by atoms with van der Waals surface area (Å²) in [4.78, 5) is 32.6. The number of hydrogen-bond acceptors (Lipinski definition) is 5. The van der Waals surface area contributed by atoms with Crippen molar-refractivity contribution in [2.45, 2.75) is 44.9 Å². The molecule has 7 nitrogen and oxygen atoms in total. The molecule has 4 rings (SSSR count). The molecule has 4 heterocycles. The van der Waals surface area contributed by atoms with Gasteiger partial charge in [0.25, 0.3) is 0 Å². The van der Waals surface area contributed by atoms with E-state index in [-0.39, 0.29) is 17.9 Å². The smallest absolute Gasteiger partial charge is 0.317 e. The van der Waals surface area contributed by atoms with Crippen molar-refractivity contribution < 1.29 is 14.7 Å². The average molecular weight is 386 g/mol. The van der Waals surface area contributed by atoms with Gasteiger partial charge in [-0.15, -0.1) is 0 Å². The van der Waals surface area contributed by atoms with Crippen LogP contribution >= 0.6 is 0 Å². The van der Waals surface area contributed by atoms with Crippen LogP contribution in [0, 0.1) is 5.41 Å². The minimum absolute atomic E-state index is 0.0800. The summed E-state index contributed by atoms with van der Waals surface area (Å²) in [6.45, 7) is 4.10. The summed E-state index contributed by atoms with van der Waals surface area (Å²) in [5, 5.41) is 12.3. The molecule has 152 valence electrons. The molecule has 2 saturated heterocycles. The predicted octanol–water partition coefficient (Wildman–Crippen LogP) is 1.77. The zero-order valence-corrected chi connectivity index (χ0v) is 16.5. The average Bonchev–Trinajstić information content (AvgIpc) is 2.99. The molecule has 0 unspecified atom stereocenters. The number of carbonyl (C=O) groups is 2. The molecule has 1 amide bonds. The summed E-state index contributed by atoms with van der Waals surface area (Å²) >= 11 is 0. The number of likely N-dealkylation sites (tertiary alicyclic amines) is 2. The zero-order valence-electron chi connectivity index (χ0n) is 16.5. The van der Waals surface area contributed by atoms with Crippen LogP contribution < -0.4 is 5.32 Å². The molecular weight excluding hydrogens is 356 g/mol. The first kappa shape index (κ1) is 19.2. The molecule has 0 atom stereocenters. The van der Waals surface area contributed by atoms with Gasteiger partial charge in [0.1, 0.15) is 5.82 Å². The van der Waals surface area contributed by atoms with Crippen molar-refractivity contribution in [3.05, 3.63) is 23.4 Å². The molecule has 2 fully saturated rings. The number of fused-ring (bicyclic) bond motifs is 1. The third-order valence-electron chi connectivity index (χ3n) is 6.59. The van der Waals surface area contributed by atoms with Crippen molar-refractivity contribution in [2.24, 2.45) is 5.41 Å². The van der Waals surface area contributed by atoms with Gasteiger partial charge in [-0.2, -0.15) is 0 Å². The van der Waals surface area contributed by atoms with E-state index in [0.717, 1.165) is 69.7 Å². The van der Waals surface area contributed by atoms with Crippen molar-refractivity contribution in [3.8, 4) is 0 Å². The fraction of sp³-hybridized carbons (Fsp3) is 0.667. The number of pyridine rings is 1. The maximum Gasteiger partial charge on any atom is 0.317 e. The van der Waals surface area contributed by atoms with Crippen LogP contribution in [0.5, 0.6) is 0 Å². The highest BCUT2D eigenvalue weighted by molar-refractivity contribution is 5.85. The predicted molar refractivity (Wildman–Crippen MR) is 106 cm³/mol. The molecule has 3 aliphatic heterocycles. The fourth-order valence-electron chi connectivity index (χ4n) is 4.86. The number of carboxylic acid groups (broad SMARTS) is 1. The van der Waals surface area contributed by atoms with E-state index in [9.17, 15) is 9.59 Å². The van der Waals surface area contributed by atoms with E-state index in [1.165, 1.54) is 12.0 Å². The Hall–Kier alpha value is -2.15. The number of aryl methyl sites for hydroxylation is 2. The summed E-state index contributed by atoms with van der Waals surface area (Å²) in [5.74, 6) is 0.525. The Morgan fingerprint density at radius 3 is 2.79 bits per heavy atom. The van der Waals surface area contributed by atoms with Crippen LogP contribution in [0.4, 0.5) is 5.82 Å². The Kier molecular flexibility index (Phi) is 5.53. The Bertz CT molecular complexity index is 743. The van der Waals surface area contributed by atoms with Crippen molar-refractivity contribution in [1.29, 1.82) is 0 Å². The van der Waals surface area contributed by atoms with Gasteiger partial charge in [-0.1, -0.05) is 6.07 Å². The highest BCUT2D eigenvalue weighted by atomic mass is 16.4. The summed E-state index contributed by atoms with van der Waals surface area (Å²) in [6, 6.07) is 4.31. The highest BCUT2D eigenvalue weighted by Crippen LogP contribution is 2.41. The van der Waals surface area contributed by atoms with Crippen molar-refractivity contribution in [2.75, 3.05) is 44.6 Å². The van der Waals surface area contributed by atoms with Gasteiger partial charge in [-0.25, -0.2) is 4.98 Å². The number of carboxylic acids is 1. The summed E-state index contributed by atoms with van der Waals surface area (Å²) in [5.41, 5.74) is 2.15. The molecule has 0 bridgehead atoms. The first-order valence-corrected chi connectivity index (χ1v) is 10.5. The number of aliphatic carboxylic acids is 1. The summed E-state index contributed by atoms with van der Waals surface area (Å²) in [7, 11) is 0. The number of aromatic nitrogens is 1. The number of nitrogens with zero attached hydrogens (tertiary/aromatic N) is 3. The Labute approximate surface area is 166 Å². The lowest BCUT2D eigenvalue weighted by atomic mass is 9.77. The Morgan fingerprint density at radius 1 is 1.21 bits per heavy atom. The second kappa shape index (κ2) is 8.07. The molecule has 0 aliphatic carbocycles. The second-order valence-corrected chi connectivity index (χ2v) is 8.44. The first-order valence-electron chi connectivity index (χ1n) is 10.5. The van der Waals surface area contributed by atoms with Gasteiger partial charge in [-0.05, 0) is 69.7 Å². The number of carbonyl (C=O) groups excluding carboxylic acids is 1. The van der Waals surface area contributed by atoms with E-state index in [1.807, 2.05) is 9.80 Å². The van der Waals surface area contributed by atoms with Crippen LogP contribution in [0.25, 0.3) is 0 Å². The van der Waals surface area contributed by atoms with Crippen molar-refractivity contribution in [1.82, 2.24) is 14.8 Å². The monoisotopic (exact) mass is 386 g/mol. The third-order valence-corrected chi connectivity index (χ3v) is 6.59. The maximum absolute atomic E-state index is 13.0. The minimum Gasteiger partial charge on any atom is -0.480 e. The molecule has 28 heavy (non-hydrogen) atoms. The molecule has 1 spiro atoms. The number of anilines is 1. The van der Waals surface area contributed by atoms with Gasteiger partial charge in [0.05, 0.1) is 12.0 Å². The Balaban J connectivity index is 1.26. The lowest BCUT2D eigenvalue weighted by molar-refractivity contribution is -0.140. The van der Waals surface area contributed by atoms with E-state index in [4.69, 9.17) is 10.1 Å². The van der Waals surface area contributed by atoms with Gasteiger partial charge in [-0.3, -0.25) is 14.5 Å². The van der Waals surface area contributed by atoms with Crippen molar-refractivity contribution in [3.63, 3.8) is 0 Å². The van der Waals surface area contributed by atoms with E-state index in [1.54, 1.807) is 0 Å². The van der Waals surface area contributed by atoms with Crippen LogP contribution in [0.1, 0.15) is 43.4 Å². The molecule has 1 aromatic rings. The van der Waals surface area contributed by atoms with Gasteiger partial charge in [0.15, 0.2) is 0 Å². The number of nitrogens with one attached hydrogen (secondary N) is 1. The number of rotatable bonds is 6. The third kappa shape index (κ3) is 3.99. The molecule has 1 aromatic heterocycles. The summed E-state index contributed by atoms with van der Waals surface area (Å²) in [6.07, 6.45) is 6.57. The van der Waals surface area contributed by atoms with Gasteiger partial charge in [0, 0.05) is 25.3 Å². The van der Waals surface area contributed by atoms with E-state index in [2.05, 4.69) is 17.4 Å². The second-order valence-electron chi connectivity index (χ2n) is 8.44. The topological polar surface area (TPSA) is 85.8 Å². The molecule has 7 heteroatoms. The zero-order chi connectivity index (χ0) is 19.6. The van der Waals surface area contributed by atoms with Crippen LogP contribution in [-0.2, 0) is 22.4 Å². The molecule has 0 aromatic carbocycles. The van der Waals surface area contributed by atoms with E-state index < -0.39 is 5.97 Å². The quantitative estimate of drug-likeness (QED) is 0.775. The maximum atomic E-state index is 13.0. The van der Waals surface area contributed by atoms with Crippen LogP contribution in [0.15, 0.2) is 12.1 Å². The van der Waals surface area contributed by atoms with E-state index in [0.29, 0.717) is 13.1 Å². The van der Waals surface area contributed by atoms with Gasteiger partial charge >= 0.3 is 5.97 Å². The van der Waals surface area contributed by atoms with Crippen molar-refractivity contribution >= 4 is 17.7 Å². The molecule has 0 saturated carbocycles. The molecule has 3 aliphatic rings. The number of piperidine rings is 1. The molecule has 2 N–H and O–H groups in total. The van der Waals surface area contributed by atoms with Crippen LogP contribution in [0.2, 0.25) is 0 Å². The standard InChI is InChI=1S/C21H30N4O3/c26-18(27)15-24-12-7-21(8-13-24)9-14-25(20(21)28)11-2-4-17-6-5-16-3-1-10-22-19(16)23-17/h5-6H,1-4,7-15H2,(H,22,23)(H,26,27). The normalized spacial score (nSPS) is 21.6. The highest BCUT2D eigenvalue weighted by Gasteiger charge is 2.47. The molecular formula is C21H30N4O3. The lowest BCUT2D eigenvalue weighted by Gasteiger charge is -2.37. The van der Waals surface area contributed by atoms with Crippen LogP contribution in [0.3, 0.4) is 0 Å². The van der Waals surface area contributed by atoms with Gasteiger partial charge < -0.3 is 15.3 Å². The fourth-order valence-corrected chi connectivity index (χ4v) is 4.86. The molecule has 0 radical (unpaired) electrons. The van der Waals surface area contributed by atoms with Crippen LogP contribution in [-0.4, -0.2) is 71.0 Å². The lowest BCUT2D eigenvalue weighted by Crippen LogP contribution is -2.46. The number of amides is 1.